The van der Waals surface area contributed by atoms with E-state index < -0.39 is 0 Å². The Bertz CT molecular complexity index is 1030. The van der Waals surface area contributed by atoms with Crippen molar-refractivity contribution in [3.63, 3.8) is 0 Å². The molecule has 26 heavy (non-hydrogen) atoms. The van der Waals surface area contributed by atoms with Gasteiger partial charge in [0.15, 0.2) is 0 Å². The van der Waals surface area contributed by atoms with Crippen molar-refractivity contribution in [3.8, 4) is 11.4 Å². The monoisotopic (exact) mass is 351 g/mol. The first-order valence-electron chi connectivity index (χ1n) is 8.41. The number of amides is 1. The number of anilines is 1. The first kappa shape index (κ1) is 17.6. The highest BCUT2D eigenvalue weighted by atomic mass is 16.1. The maximum Gasteiger partial charge on any atom is 0.259 e. The predicted molar refractivity (Wildman–Crippen MR) is 100 cm³/mol. The molecule has 0 aliphatic heterocycles. The second kappa shape index (κ2) is 6.95. The van der Waals surface area contributed by atoms with E-state index in [-0.39, 0.29) is 11.5 Å². The van der Waals surface area contributed by atoms with E-state index >= 15 is 0 Å². The van der Waals surface area contributed by atoms with E-state index in [0.717, 1.165) is 17.0 Å². The lowest BCUT2D eigenvalue weighted by molar-refractivity contribution is 0.102. The molecule has 0 saturated carbocycles. The minimum absolute atomic E-state index is 0.192. The second-order valence-electron chi connectivity index (χ2n) is 6.14. The Morgan fingerprint density at radius 3 is 2.69 bits per heavy atom. The second-order valence-corrected chi connectivity index (χ2v) is 6.14. The van der Waals surface area contributed by atoms with Gasteiger partial charge in [-0.05, 0) is 32.4 Å². The van der Waals surface area contributed by atoms with E-state index in [9.17, 15) is 9.59 Å². The van der Waals surface area contributed by atoms with Crippen LogP contribution in [-0.4, -0.2) is 25.7 Å². The van der Waals surface area contributed by atoms with Crippen LogP contribution in [0.2, 0.25) is 0 Å². The molecule has 1 amide bonds. The lowest BCUT2D eigenvalue weighted by atomic mass is 10.1. The van der Waals surface area contributed by atoms with Crippen LogP contribution >= 0.6 is 0 Å². The molecule has 0 spiro atoms. The van der Waals surface area contributed by atoms with Crippen LogP contribution < -0.4 is 10.9 Å². The Balaban J connectivity index is 1.92. The Labute approximate surface area is 151 Å². The van der Waals surface area contributed by atoms with Crippen LogP contribution in [-0.2, 0) is 13.5 Å². The van der Waals surface area contributed by atoms with Crippen LogP contribution in [0.1, 0.15) is 34.4 Å². The van der Waals surface area contributed by atoms with Gasteiger partial charge >= 0.3 is 0 Å². The summed E-state index contributed by atoms with van der Waals surface area (Å²) >= 11 is 0. The smallest absolute Gasteiger partial charge is 0.259 e. The maximum absolute atomic E-state index is 12.6. The van der Waals surface area contributed by atoms with E-state index in [2.05, 4.69) is 20.4 Å². The number of aromatic amines is 1. The number of rotatable bonds is 4. The summed E-state index contributed by atoms with van der Waals surface area (Å²) in [5, 5.41) is 7.17. The molecule has 0 saturated heterocycles. The molecule has 2 N–H and O–H groups in total. The molecule has 1 aromatic carbocycles. The molecular formula is C19H21N5O2. The lowest BCUT2D eigenvalue weighted by Gasteiger charge is -2.08. The number of hydrogen-bond acceptors (Lipinski definition) is 4. The van der Waals surface area contributed by atoms with Gasteiger partial charge in [0.05, 0.1) is 11.3 Å². The van der Waals surface area contributed by atoms with Crippen molar-refractivity contribution >= 4 is 11.6 Å². The van der Waals surface area contributed by atoms with Gasteiger partial charge in [-0.25, -0.2) is 4.98 Å². The number of carbonyl (C=O) groups is 1. The topological polar surface area (TPSA) is 92.7 Å². The number of hydrogen-bond donors (Lipinski definition) is 2. The zero-order valence-electron chi connectivity index (χ0n) is 15.3. The molecule has 0 unspecified atom stereocenters. The zero-order valence-corrected chi connectivity index (χ0v) is 15.3. The molecular weight excluding hydrogens is 330 g/mol. The fourth-order valence-corrected chi connectivity index (χ4v) is 2.87. The van der Waals surface area contributed by atoms with Crippen LogP contribution in [0.4, 0.5) is 5.69 Å². The summed E-state index contributed by atoms with van der Waals surface area (Å²) in [6.45, 7) is 5.61. The van der Waals surface area contributed by atoms with E-state index in [0.29, 0.717) is 29.2 Å². The van der Waals surface area contributed by atoms with Crippen molar-refractivity contribution < 1.29 is 4.79 Å². The summed E-state index contributed by atoms with van der Waals surface area (Å²) in [5.74, 6) is 0.271. The van der Waals surface area contributed by atoms with Gasteiger partial charge in [-0.1, -0.05) is 19.1 Å². The van der Waals surface area contributed by atoms with Crippen molar-refractivity contribution in [2.75, 3.05) is 5.32 Å². The summed E-state index contributed by atoms with van der Waals surface area (Å²) in [5.41, 5.74) is 3.94. The third-order valence-corrected chi connectivity index (χ3v) is 4.29. The SMILES string of the molecule is CCc1cc(=O)[nH]c(-c2cccc(NC(=O)c3c(C)nn(C)c3C)c2)n1. The molecule has 0 radical (unpaired) electrons. The lowest BCUT2D eigenvalue weighted by Crippen LogP contribution is -2.14. The molecule has 0 aliphatic carbocycles. The van der Waals surface area contributed by atoms with Gasteiger partial charge in [-0.2, -0.15) is 5.10 Å². The van der Waals surface area contributed by atoms with Gasteiger partial charge in [-0.3, -0.25) is 14.3 Å². The number of aryl methyl sites for hydroxylation is 3. The molecule has 2 aromatic heterocycles. The van der Waals surface area contributed by atoms with Crippen molar-refractivity contribution in [1.82, 2.24) is 19.7 Å². The van der Waals surface area contributed by atoms with Gasteiger partial charge in [0, 0.05) is 35.8 Å². The molecule has 3 rings (SSSR count). The Kier molecular flexibility index (Phi) is 4.71. The normalized spacial score (nSPS) is 10.8. The molecule has 7 heteroatoms. The fourth-order valence-electron chi connectivity index (χ4n) is 2.87. The number of aromatic nitrogens is 4. The van der Waals surface area contributed by atoms with Crippen LogP contribution in [0.5, 0.6) is 0 Å². The molecule has 0 bridgehead atoms. The minimum atomic E-state index is -0.214. The molecule has 0 atom stereocenters. The first-order chi connectivity index (χ1) is 12.4. The highest BCUT2D eigenvalue weighted by Gasteiger charge is 2.17. The van der Waals surface area contributed by atoms with Crippen molar-refractivity contribution in [3.05, 3.63) is 63.3 Å². The third-order valence-electron chi connectivity index (χ3n) is 4.29. The number of H-pyrrole nitrogens is 1. The quantitative estimate of drug-likeness (QED) is 0.756. The number of benzene rings is 1. The molecule has 0 aliphatic rings. The molecule has 134 valence electrons. The number of nitrogens with zero attached hydrogens (tertiary/aromatic N) is 3. The Morgan fingerprint density at radius 2 is 2.04 bits per heavy atom. The number of carbonyl (C=O) groups excluding carboxylic acids is 1. The van der Waals surface area contributed by atoms with Crippen molar-refractivity contribution in [2.24, 2.45) is 7.05 Å². The van der Waals surface area contributed by atoms with Crippen molar-refractivity contribution in [1.29, 1.82) is 0 Å². The summed E-state index contributed by atoms with van der Waals surface area (Å²) < 4.78 is 1.69. The van der Waals surface area contributed by atoms with Crippen LogP contribution in [0.15, 0.2) is 35.1 Å². The average molecular weight is 351 g/mol. The standard InChI is InChI=1S/C19H21N5O2/c1-5-14-10-16(25)22-18(20-14)13-7-6-8-15(9-13)21-19(26)17-11(2)23-24(4)12(17)3/h6-10H,5H2,1-4H3,(H,21,26)(H,20,22,25). The van der Waals surface area contributed by atoms with Crippen LogP contribution in [0.25, 0.3) is 11.4 Å². The van der Waals surface area contributed by atoms with Gasteiger partial charge in [0.25, 0.3) is 11.5 Å². The van der Waals surface area contributed by atoms with E-state index in [1.807, 2.05) is 40.0 Å². The predicted octanol–water partition coefficient (Wildman–Crippen LogP) is 2.60. The first-order valence-corrected chi connectivity index (χ1v) is 8.41. The third kappa shape index (κ3) is 3.42. The Morgan fingerprint density at radius 1 is 1.27 bits per heavy atom. The zero-order chi connectivity index (χ0) is 18.8. The highest BCUT2D eigenvalue weighted by molar-refractivity contribution is 6.06. The highest BCUT2D eigenvalue weighted by Crippen LogP contribution is 2.21. The van der Waals surface area contributed by atoms with E-state index in [1.54, 1.807) is 16.8 Å². The average Bonchev–Trinajstić information content (AvgIpc) is 2.86. The Hall–Kier alpha value is -3.22. The summed E-state index contributed by atoms with van der Waals surface area (Å²) in [6, 6.07) is 8.73. The van der Waals surface area contributed by atoms with Gasteiger partial charge < -0.3 is 10.3 Å². The van der Waals surface area contributed by atoms with E-state index in [1.165, 1.54) is 6.07 Å². The summed E-state index contributed by atoms with van der Waals surface area (Å²) in [6.07, 6.45) is 0.674. The molecule has 0 fully saturated rings. The number of nitrogens with one attached hydrogen (secondary N) is 2. The van der Waals surface area contributed by atoms with Crippen LogP contribution in [0.3, 0.4) is 0 Å². The van der Waals surface area contributed by atoms with Crippen LogP contribution in [0, 0.1) is 13.8 Å². The molecule has 7 nitrogen and oxygen atoms in total. The summed E-state index contributed by atoms with van der Waals surface area (Å²) in [4.78, 5) is 31.6. The van der Waals surface area contributed by atoms with Crippen molar-refractivity contribution in [2.45, 2.75) is 27.2 Å². The fraction of sp³-hybridized carbons (Fsp3) is 0.263. The molecule has 2 heterocycles. The largest absolute Gasteiger partial charge is 0.322 e. The van der Waals surface area contributed by atoms with E-state index in [4.69, 9.17) is 0 Å². The van der Waals surface area contributed by atoms with Gasteiger partial charge in [0.1, 0.15) is 5.82 Å². The van der Waals surface area contributed by atoms with Gasteiger partial charge in [0.2, 0.25) is 0 Å². The summed E-state index contributed by atoms with van der Waals surface area (Å²) in [7, 11) is 1.81. The van der Waals surface area contributed by atoms with Gasteiger partial charge in [-0.15, -0.1) is 0 Å². The minimum Gasteiger partial charge on any atom is -0.322 e. The molecule has 3 aromatic rings. The maximum atomic E-state index is 12.6.